The second-order valence-corrected chi connectivity index (χ2v) is 5.23. The first-order valence-corrected chi connectivity index (χ1v) is 6.79. The minimum Gasteiger partial charge on any atom is -0.465 e. The number of rotatable bonds is 8. The number of hydrogen-bond acceptors (Lipinski definition) is 6. The largest absolute Gasteiger partial charge is 0.465 e. The molecule has 6 heteroatoms. The molecular weight excluding hydrogens is 264 g/mol. The smallest absolute Gasteiger partial charge is 0.332 e. The normalized spacial score (nSPS) is 10.8. The van der Waals surface area contributed by atoms with Gasteiger partial charge in [0.15, 0.2) is 0 Å². The van der Waals surface area contributed by atoms with Crippen molar-refractivity contribution in [3.8, 4) is 0 Å². The van der Waals surface area contributed by atoms with E-state index in [2.05, 4.69) is 0 Å². The summed E-state index contributed by atoms with van der Waals surface area (Å²) in [7, 11) is 0. The van der Waals surface area contributed by atoms with Crippen molar-refractivity contribution in [3.05, 3.63) is 0 Å². The van der Waals surface area contributed by atoms with Crippen LogP contribution in [0.1, 0.15) is 34.6 Å². The quantitative estimate of drug-likeness (QED) is 0.383. The zero-order chi connectivity index (χ0) is 15.7. The third kappa shape index (κ3) is 7.11. The minimum absolute atomic E-state index is 0.0737. The summed E-state index contributed by atoms with van der Waals surface area (Å²) in [5.74, 6) is -4.23. The monoisotopic (exact) mass is 288 g/mol. The van der Waals surface area contributed by atoms with E-state index in [1.165, 1.54) is 0 Å². The average molecular weight is 288 g/mol. The number of ether oxygens (including phenoxy) is 3. The molecule has 0 N–H and O–H groups in total. The molecule has 0 fully saturated rings. The predicted octanol–water partition coefficient (Wildman–Crippen LogP) is 1.56. The zero-order valence-electron chi connectivity index (χ0n) is 12.8. The molecule has 20 heavy (non-hydrogen) atoms. The zero-order valence-corrected chi connectivity index (χ0v) is 12.8. The molecule has 6 nitrogen and oxygen atoms in total. The summed E-state index contributed by atoms with van der Waals surface area (Å²) in [6.45, 7) is 9.33. The molecule has 0 aliphatic heterocycles. The fourth-order valence-corrected chi connectivity index (χ4v) is 1.18. The van der Waals surface area contributed by atoms with E-state index >= 15 is 0 Å². The van der Waals surface area contributed by atoms with Crippen LogP contribution in [0.25, 0.3) is 0 Å². The summed E-state index contributed by atoms with van der Waals surface area (Å²) in [5, 5.41) is 0. The molecule has 0 amide bonds. The average Bonchev–Trinajstić information content (AvgIpc) is 2.34. The van der Waals surface area contributed by atoms with Crippen LogP contribution in [0.4, 0.5) is 0 Å². The van der Waals surface area contributed by atoms with E-state index in [1.807, 2.05) is 27.7 Å². The third-order valence-electron chi connectivity index (χ3n) is 2.11. The highest BCUT2D eigenvalue weighted by atomic mass is 16.6. The Hall–Kier alpha value is -1.59. The van der Waals surface area contributed by atoms with E-state index in [0.29, 0.717) is 0 Å². The maximum absolute atomic E-state index is 11.8. The Labute approximate surface area is 119 Å². The summed E-state index contributed by atoms with van der Waals surface area (Å²) in [6, 6.07) is 0. The van der Waals surface area contributed by atoms with Crippen LogP contribution in [0.2, 0.25) is 0 Å². The van der Waals surface area contributed by atoms with Crippen molar-refractivity contribution in [1.29, 1.82) is 0 Å². The van der Waals surface area contributed by atoms with E-state index < -0.39 is 23.8 Å². The molecule has 0 aromatic heterocycles. The van der Waals surface area contributed by atoms with Gasteiger partial charge >= 0.3 is 17.9 Å². The Morgan fingerprint density at radius 3 is 1.40 bits per heavy atom. The number of carbonyl (C=O) groups excluding carboxylic acids is 3. The van der Waals surface area contributed by atoms with Crippen molar-refractivity contribution in [3.63, 3.8) is 0 Å². The molecular formula is C14H24O6. The molecule has 0 saturated carbocycles. The summed E-state index contributed by atoms with van der Waals surface area (Å²) < 4.78 is 14.6. The molecule has 0 unspecified atom stereocenters. The molecule has 0 atom stereocenters. The van der Waals surface area contributed by atoms with Crippen LogP contribution < -0.4 is 0 Å². The molecule has 0 aromatic carbocycles. The topological polar surface area (TPSA) is 78.9 Å². The Bertz CT molecular complexity index is 311. The lowest BCUT2D eigenvalue weighted by Crippen LogP contribution is -2.37. The Morgan fingerprint density at radius 2 is 1.10 bits per heavy atom. The van der Waals surface area contributed by atoms with E-state index in [0.717, 1.165) is 0 Å². The highest BCUT2D eigenvalue weighted by molar-refractivity contribution is 6.12. The maximum atomic E-state index is 11.8. The molecule has 0 saturated heterocycles. The summed E-state index contributed by atoms with van der Waals surface area (Å²) in [4.78, 5) is 35.3. The van der Waals surface area contributed by atoms with E-state index in [4.69, 9.17) is 14.2 Å². The van der Waals surface area contributed by atoms with Gasteiger partial charge in [0, 0.05) is 0 Å². The molecule has 0 radical (unpaired) electrons. The molecule has 0 heterocycles. The fourth-order valence-electron chi connectivity index (χ4n) is 1.18. The second kappa shape index (κ2) is 9.34. The maximum Gasteiger partial charge on any atom is 0.332 e. The van der Waals surface area contributed by atoms with Crippen molar-refractivity contribution in [2.75, 3.05) is 19.8 Å². The third-order valence-corrected chi connectivity index (χ3v) is 2.11. The van der Waals surface area contributed by atoms with Gasteiger partial charge < -0.3 is 14.2 Å². The van der Waals surface area contributed by atoms with Crippen molar-refractivity contribution in [1.82, 2.24) is 0 Å². The fraction of sp³-hybridized carbons (Fsp3) is 0.786. The van der Waals surface area contributed by atoms with Gasteiger partial charge in [0.1, 0.15) is 0 Å². The minimum atomic E-state index is -1.66. The van der Waals surface area contributed by atoms with E-state index in [1.54, 1.807) is 6.92 Å². The number of carbonyl (C=O) groups is 3. The van der Waals surface area contributed by atoms with Gasteiger partial charge in [-0.2, -0.15) is 0 Å². The molecule has 0 spiro atoms. The summed E-state index contributed by atoms with van der Waals surface area (Å²) in [5.41, 5.74) is 0. The van der Waals surface area contributed by atoms with Crippen LogP contribution in [-0.4, -0.2) is 37.7 Å². The molecule has 0 aliphatic rings. The van der Waals surface area contributed by atoms with Crippen molar-refractivity contribution in [2.24, 2.45) is 17.8 Å². The number of hydrogen-bond donors (Lipinski definition) is 0. The van der Waals surface area contributed by atoms with Gasteiger partial charge in [-0.1, -0.05) is 27.7 Å². The molecule has 0 bridgehead atoms. The number of esters is 3. The molecule has 0 aromatic rings. The van der Waals surface area contributed by atoms with Crippen molar-refractivity contribution in [2.45, 2.75) is 34.6 Å². The second-order valence-electron chi connectivity index (χ2n) is 5.23. The summed E-state index contributed by atoms with van der Waals surface area (Å²) in [6.07, 6.45) is 0. The lowest BCUT2D eigenvalue weighted by atomic mass is 10.1. The lowest BCUT2D eigenvalue weighted by Gasteiger charge is -2.15. The lowest BCUT2D eigenvalue weighted by molar-refractivity contribution is -0.173. The highest BCUT2D eigenvalue weighted by Gasteiger charge is 2.38. The van der Waals surface area contributed by atoms with Crippen molar-refractivity contribution < 1.29 is 28.6 Å². The summed E-state index contributed by atoms with van der Waals surface area (Å²) >= 11 is 0. The van der Waals surface area contributed by atoms with Gasteiger partial charge in [-0.3, -0.25) is 14.4 Å². The predicted molar refractivity (Wildman–Crippen MR) is 71.7 cm³/mol. The standard InChI is InChI=1S/C14H24O6/c1-6-18-12(15)11(13(16)19-7-9(2)3)14(17)20-8-10(4)5/h9-11H,6-8H2,1-5H3. The van der Waals surface area contributed by atoms with Crippen LogP contribution in [0, 0.1) is 17.8 Å². The van der Waals surface area contributed by atoms with Gasteiger partial charge in [0.05, 0.1) is 19.8 Å². The molecule has 116 valence electrons. The highest BCUT2D eigenvalue weighted by Crippen LogP contribution is 2.09. The van der Waals surface area contributed by atoms with Crippen LogP contribution in [-0.2, 0) is 28.6 Å². The van der Waals surface area contributed by atoms with Crippen molar-refractivity contribution >= 4 is 17.9 Å². The Morgan fingerprint density at radius 1 is 0.750 bits per heavy atom. The van der Waals surface area contributed by atoms with Crippen LogP contribution in [0.15, 0.2) is 0 Å². The van der Waals surface area contributed by atoms with Gasteiger partial charge in [-0.25, -0.2) is 0 Å². The van der Waals surface area contributed by atoms with E-state index in [9.17, 15) is 14.4 Å². The Balaban J connectivity index is 4.75. The first kappa shape index (κ1) is 18.4. The van der Waals surface area contributed by atoms with E-state index in [-0.39, 0.29) is 31.7 Å². The molecule has 0 aliphatic carbocycles. The first-order chi connectivity index (χ1) is 9.29. The van der Waals surface area contributed by atoms with Gasteiger partial charge in [-0.05, 0) is 18.8 Å². The Kier molecular flexibility index (Phi) is 8.59. The van der Waals surface area contributed by atoms with Gasteiger partial charge in [0.2, 0.25) is 0 Å². The molecule has 0 rings (SSSR count). The van der Waals surface area contributed by atoms with Crippen LogP contribution in [0.5, 0.6) is 0 Å². The van der Waals surface area contributed by atoms with Gasteiger partial charge in [-0.15, -0.1) is 0 Å². The van der Waals surface area contributed by atoms with Crippen LogP contribution in [0.3, 0.4) is 0 Å². The van der Waals surface area contributed by atoms with Gasteiger partial charge in [0.25, 0.3) is 5.92 Å². The SMILES string of the molecule is CCOC(=O)C(C(=O)OCC(C)C)C(=O)OCC(C)C. The first-order valence-electron chi connectivity index (χ1n) is 6.79. The van der Waals surface area contributed by atoms with Crippen LogP contribution >= 0.6 is 0 Å².